The van der Waals surface area contributed by atoms with Crippen LogP contribution in [0, 0.1) is 0 Å². The lowest BCUT2D eigenvalue weighted by molar-refractivity contribution is 0.447. The van der Waals surface area contributed by atoms with Gasteiger partial charge in [0, 0.05) is 14.2 Å². The van der Waals surface area contributed by atoms with E-state index in [-0.39, 0.29) is 1.43 Å². The van der Waals surface area contributed by atoms with Gasteiger partial charge >= 0.3 is 0 Å². The van der Waals surface area contributed by atoms with Crippen molar-refractivity contribution in [3.8, 4) is 0 Å². The first-order chi connectivity index (χ1) is 8.77. The van der Waals surface area contributed by atoms with E-state index < -0.39 is 9.76 Å². The smallest absolute Gasteiger partial charge is 0.222 e. The van der Waals surface area contributed by atoms with Gasteiger partial charge in [0.2, 0.25) is 9.76 Å². The maximum absolute atomic E-state index is 5.20. The molecule has 0 N–H and O–H groups in total. The highest BCUT2D eigenvalue weighted by Gasteiger charge is 1.99. The van der Waals surface area contributed by atoms with Crippen LogP contribution in [0.3, 0.4) is 0 Å². The van der Waals surface area contributed by atoms with Crippen molar-refractivity contribution in [3.63, 3.8) is 0 Å². The average molecular weight is 255 g/mol. The Kier molecular flexibility index (Phi) is 6.28. The third-order valence-corrected chi connectivity index (χ3v) is 3.03. The van der Waals surface area contributed by atoms with Crippen molar-refractivity contribution >= 4 is 15.5 Å². The first-order valence-corrected chi connectivity index (χ1v) is 6.80. The van der Waals surface area contributed by atoms with Gasteiger partial charge < -0.3 is 4.43 Å². The van der Waals surface area contributed by atoms with E-state index in [0.717, 1.165) is 16.6 Å². The molecule has 0 aromatic heterocycles. The normalized spacial score (nSPS) is 10.4. The molecule has 0 saturated carbocycles. The molecule has 2 nitrogen and oxygen atoms in total. The summed E-state index contributed by atoms with van der Waals surface area (Å²) in [4.78, 5) is 4.52. The van der Waals surface area contributed by atoms with Crippen molar-refractivity contribution < 1.29 is 5.85 Å². The molecule has 92 valence electrons. The topological polar surface area (TPSA) is 21.6 Å². The van der Waals surface area contributed by atoms with E-state index >= 15 is 0 Å². The summed E-state index contributed by atoms with van der Waals surface area (Å²) < 4.78 is 5.20. The summed E-state index contributed by atoms with van der Waals surface area (Å²) in [6, 6.07) is 10.0. The van der Waals surface area contributed by atoms with Crippen LogP contribution >= 0.6 is 0 Å². The van der Waals surface area contributed by atoms with Crippen molar-refractivity contribution in [2.45, 2.75) is 6.92 Å². The SMILES string of the molecule is C=C=C=C=C=C(N=C(C)c1ccccc1)[SiH2]OC.[HH]. The molecule has 0 amide bonds. The fraction of sp³-hybridized carbons (Fsp3) is 0.133. The summed E-state index contributed by atoms with van der Waals surface area (Å²) in [5, 5.41) is 0.793. The third kappa shape index (κ3) is 4.84. The minimum atomic E-state index is -0.873. The highest BCUT2D eigenvalue weighted by Crippen LogP contribution is 2.03. The summed E-state index contributed by atoms with van der Waals surface area (Å²) >= 11 is 0. The van der Waals surface area contributed by atoms with Gasteiger partial charge in [0.1, 0.15) is 0 Å². The second-order valence-electron chi connectivity index (χ2n) is 3.49. The zero-order valence-electron chi connectivity index (χ0n) is 10.7. The van der Waals surface area contributed by atoms with E-state index in [2.05, 4.69) is 34.5 Å². The fourth-order valence-corrected chi connectivity index (χ4v) is 2.06. The van der Waals surface area contributed by atoms with Gasteiger partial charge in [0.05, 0.1) is 5.32 Å². The maximum atomic E-state index is 5.20. The Bertz CT molecular complexity index is 584. The lowest BCUT2D eigenvalue weighted by atomic mass is 10.1. The molecule has 0 aliphatic rings. The molecular formula is C15H17NOSi. The molecule has 1 aromatic rings. The lowest BCUT2D eigenvalue weighted by Gasteiger charge is -2.01. The van der Waals surface area contributed by atoms with Crippen molar-refractivity contribution in [3.05, 3.63) is 70.7 Å². The van der Waals surface area contributed by atoms with Crippen LogP contribution in [-0.4, -0.2) is 22.6 Å². The Labute approximate surface area is 111 Å². The molecule has 0 aliphatic carbocycles. The van der Waals surface area contributed by atoms with Gasteiger partial charge in [0.15, 0.2) is 0 Å². The van der Waals surface area contributed by atoms with Crippen molar-refractivity contribution in [1.82, 2.24) is 0 Å². The third-order valence-electron chi connectivity index (χ3n) is 2.13. The molecule has 0 saturated heterocycles. The molecule has 0 fully saturated rings. The zero-order chi connectivity index (χ0) is 13.2. The Balaban J connectivity index is 0.00000324. The molecule has 0 bridgehead atoms. The van der Waals surface area contributed by atoms with E-state index in [0.29, 0.717) is 0 Å². The quantitative estimate of drug-likeness (QED) is 0.460. The molecule has 0 heterocycles. The molecule has 3 heteroatoms. The van der Waals surface area contributed by atoms with Crippen LogP contribution < -0.4 is 0 Å². The van der Waals surface area contributed by atoms with Gasteiger partial charge in [-0.2, -0.15) is 0 Å². The van der Waals surface area contributed by atoms with Gasteiger partial charge in [-0.25, -0.2) is 0 Å². The predicted molar refractivity (Wildman–Crippen MR) is 79.5 cm³/mol. The summed E-state index contributed by atoms with van der Waals surface area (Å²) in [7, 11) is 0.802. The van der Waals surface area contributed by atoms with Crippen LogP contribution in [0.25, 0.3) is 0 Å². The molecular weight excluding hydrogens is 238 g/mol. The summed E-state index contributed by atoms with van der Waals surface area (Å²) in [6.45, 7) is 5.37. The number of rotatable bonds is 4. The Hall–Kier alpha value is -2.07. The van der Waals surface area contributed by atoms with Crippen LogP contribution in [0.1, 0.15) is 13.9 Å². The van der Waals surface area contributed by atoms with Gasteiger partial charge in [-0.05, 0) is 36.3 Å². The molecule has 1 aromatic carbocycles. The molecule has 0 unspecified atom stereocenters. The predicted octanol–water partition coefficient (Wildman–Crippen LogP) is 2.56. The van der Waals surface area contributed by atoms with Crippen LogP contribution in [0.15, 0.2) is 70.1 Å². The van der Waals surface area contributed by atoms with Crippen LogP contribution in [0.2, 0.25) is 0 Å². The van der Waals surface area contributed by atoms with E-state index in [1.807, 2.05) is 37.3 Å². The minimum Gasteiger partial charge on any atom is -0.419 e. The van der Waals surface area contributed by atoms with E-state index in [1.54, 1.807) is 7.11 Å². The Morgan fingerprint density at radius 3 is 2.67 bits per heavy atom. The molecule has 0 atom stereocenters. The van der Waals surface area contributed by atoms with Crippen molar-refractivity contribution in [1.29, 1.82) is 0 Å². The molecule has 0 aliphatic heterocycles. The molecule has 0 spiro atoms. The molecule has 0 radical (unpaired) electrons. The number of nitrogens with zero attached hydrogens (tertiary/aromatic N) is 1. The number of benzene rings is 1. The minimum absolute atomic E-state index is 0. The zero-order valence-corrected chi connectivity index (χ0v) is 12.1. The summed E-state index contributed by atoms with van der Waals surface area (Å²) in [5.41, 5.74) is 12.8. The summed E-state index contributed by atoms with van der Waals surface area (Å²) in [6.07, 6.45) is 0. The Morgan fingerprint density at radius 1 is 1.33 bits per heavy atom. The van der Waals surface area contributed by atoms with Crippen molar-refractivity contribution in [2.75, 3.05) is 7.11 Å². The number of hydrogen-bond donors (Lipinski definition) is 0. The lowest BCUT2D eigenvalue weighted by Crippen LogP contribution is -2.01. The first-order valence-electron chi connectivity index (χ1n) is 5.51. The highest BCUT2D eigenvalue weighted by atomic mass is 28.2. The van der Waals surface area contributed by atoms with Gasteiger partial charge in [-0.1, -0.05) is 36.1 Å². The second-order valence-corrected chi connectivity index (χ2v) is 5.03. The van der Waals surface area contributed by atoms with Crippen molar-refractivity contribution in [2.24, 2.45) is 4.99 Å². The monoisotopic (exact) mass is 255 g/mol. The van der Waals surface area contributed by atoms with E-state index in [4.69, 9.17) is 4.43 Å². The standard InChI is InChI=1S/C15H15NOSi.H2/c1-4-5-7-12-15(18-17-3)16-13(2)14-10-8-6-9-11-14;/h6,8-11H,1,18H2,2-3H3;1H. The van der Waals surface area contributed by atoms with Gasteiger partial charge in [-0.15, -0.1) is 0 Å². The van der Waals surface area contributed by atoms with Crippen LogP contribution in [-0.2, 0) is 4.43 Å². The maximum Gasteiger partial charge on any atom is 0.222 e. The molecule has 18 heavy (non-hydrogen) atoms. The largest absolute Gasteiger partial charge is 0.419 e. The van der Waals surface area contributed by atoms with Crippen LogP contribution in [0.5, 0.6) is 0 Å². The Morgan fingerprint density at radius 2 is 2.06 bits per heavy atom. The fourth-order valence-electron chi connectivity index (χ4n) is 1.33. The summed E-state index contributed by atoms with van der Waals surface area (Å²) in [5.74, 6) is 0. The number of aliphatic imine (C=N–C) groups is 1. The van der Waals surface area contributed by atoms with E-state index in [1.165, 1.54) is 0 Å². The number of hydrogen-bond acceptors (Lipinski definition) is 2. The van der Waals surface area contributed by atoms with Gasteiger partial charge in [0.25, 0.3) is 0 Å². The average Bonchev–Trinajstić information content (AvgIpc) is 2.40. The molecule has 1 rings (SSSR count). The first kappa shape index (κ1) is 14.0. The van der Waals surface area contributed by atoms with Crippen LogP contribution in [0.4, 0.5) is 0 Å². The van der Waals surface area contributed by atoms with Gasteiger partial charge in [-0.3, -0.25) is 4.99 Å². The highest BCUT2D eigenvalue weighted by molar-refractivity contribution is 6.38. The second kappa shape index (κ2) is 8.08. The van der Waals surface area contributed by atoms with E-state index in [9.17, 15) is 0 Å².